The lowest BCUT2D eigenvalue weighted by atomic mass is 9.84. The Labute approximate surface area is 117 Å². The Morgan fingerprint density at radius 1 is 1.22 bits per heavy atom. The quantitative estimate of drug-likeness (QED) is 0.851. The number of rotatable bonds is 4. The molecule has 2 fully saturated rings. The van der Waals surface area contributed by atoms with Crippen LogP contribution in [-0.2, 0) is 0 Å². The molecule has 0 aromatic rings. The largest absolute Gasteiger partial charge is 0.329 e. The molecule has 2 N–H and O–H groups in total. The van der Waals surface area contributed by atoms with E-state index >= 15 is 0 Å². The van der Waals surface area contributed by atoms with Crippen LogP contribution in [0.15, 0.2) is 0 Å². The molecule has 0 spiro atoms. The minimum atomic E-state index is 0.264. The predicted octanol–water partition coefficient (Wildman–Crippen LogP) is 3.11. The molecule has 2 nitrogen and oxygen atoms in total. The fourth-order valence-electron chi connectivity index (χ4n) is 3.86. The van der Waals surface area contributed by atoms with Crippen molar-refractivity contribution < 1.29 is 0 Å². The first-order valence-electron chi connectivity index (χ1n) is 7.72. The van der Waals surface area contributed by atoms with Gasteiger partial charge in [-0.05, 0) is 44.4 Å². The van der Waals surface area contributed by atoms with E-state index in [-0.39, 0.29) is 5.54 Å². The van der Waals surface area contributed by atoms with Crippen LogP contribution in [-0.4, -0.2) is 41.6 Å². The predicted molar refractivity (Wildman–Crippen MR) is 82.1 cm³/mol. The van der Waals surface area contributed by atoms with E-state index in [9.17, 15) is 0 Å². The molecule has 1 heterocycles. The van der Waals surface area contributed by atoms with E-state index in [1.165, 1.54) is 57.2 Å². The van der Waals surface area contributed by atoms with E-state index in [1.54, 1.807) is 0 Å². The summed E-state index contributed by atoms with van der Waals surface area (Å²) in [5, 5.41) is 0.685. The SMILES string of the molecule is CC1SCCCC1(CN)N(C)CC1CCCCC1. The van der Waals surface area contributed by atoms with Crippen LogP contribution in [0, 0.1) is 5.92 Å². The molecule has 2 atom stereocenters. The van der Waals surface area contributed by atoms with Gasteiger partial charge in [0.1, 0.15) is 0 Å². The molecular weight excluding hydrogens is 240 g/mol. The van der Waals surface area contributed by atoms with Crippen LogP contribution in [0.25, 0.3) is 0 Å². The Morgan fingerprint density at radius 3 is 2.56 bits per heavy atom. The highest BCUT2D eigenvalue weighted by molar-refractivity contribution is 8.00. The molecule has 2 aliphatic rings. The minimum absolute atomic E-state index is 0.264. The Bertz CT molecular complexity index is 253. The van der Waals surface area contributed by atoms with Crippen molar-refractivity contribution in [2.24, 2.45) is 11.7 Å². The lowest BCUT2D eigenvalue weighted by Gasteiger charge is -2.49. The normalized spacial score (nSPS) is 35.0. The zero-order valence-corrected chi connectivity index (χ0v) is 13.0. The number of thioether (sulfide) groups is 1. The minimum Gasteiger partial charge on any atom is -0.329 e. The number of hydrogen-bond acceptors (Lipinski definition) is 3. The van der Waals surface area contributed by atoms with Gasteiger partial charge in [-0.1, -0.05) is 26.2 Å². The van der Waals surface area contributed by atoms with Crippen LogP contribution in [0.1, 0.15) is 51.9 Å². The molecule has 2 rings (SSSR count). The van der Waals surface area contributed by atoms with Gasteiger partial charge in [-0.15, -0.1) is 0 Å². The molecule has 1 aliphatic heterocycles. The molecule has 0 aromatic carbocycles. The maximum Gasteiger partial charge on any atom is 0.0444 e. The Hall–Kier alpha value is 0.270. The zero-order valence-electron chi connectivity index (χ0n) is 12.2. The summed E-state index contributed by atoms with van der Waals surface area (Å²) >= 11 is 2.12. The zero-order chi connectivity index (χ0) is 13.0. The third-order valence-corrected chi connectivity index (χ3v) is 6.71. The third kappa shape index (κ3) is 3.05. The topological polar surface area (TPSA) is 29.3 Å². The molecule has 2 unspecified atom stereocenters. The van der Waals surface area contributed by atoms with Crippen LogP contribution in [0.3, 0.4) is 0 Å². The molecule has 0 aromatic heterocycles. The first-order chi connectivity index (χ1) is 8.69. The molecule has 0 radical (unpaired) electrons. The molecule has 0 bridgehead atoms. The van der Waals surface area contributed by atoms with E-state index in [0.717, 1.165) is 12.5 Å². The maximum atomic E-state index is 6.18. The van der Waals surface area contributed by atoms with Gasteiger partial charge >= 0.3 is 0 Å². The lowest BCUT2D eigenvalue weighted by Crippen LogP contribution is -2.60. The van der Waals surface area contributed by atoms with Gasteiger partial charge in [0, 0.05) is 23.9 Å². The fraction of sp³-hybridized carbons (Fsp3) is 1.00. The Balaban J connectivity index is 1.97. The number of nitrogens with zero attached hydrogens (tertiary/aromatic N) is 1. The Morgan fingerprint density at radius 2 is 1.94 bits per heavy atom. The van der Waals surface area contributed by atoms with Crippen molar-refractivity contribution in [3.63, 3.8) is 0 Å². The fourth-order valence-corrected chi connectivity index (χ4v) is 5.23. The van der Waals surface area contributed by atoms with Gasteiger partial charge < -0.3 is 5.73 Å². The lowest BCUT2D eigenvalue weighted by molar-refractivity contribution is 0.0845. The van der Waals surface area contributed by atoms with Crippen LogP contribution in [0.4, 0.5) is 0 Å². The summed E-state index contributed by atoms with van der Waals surface area (Å²) in [6, 6.07) is 0. The van der Waals surface area contributed by atoms with Crippen molar-refractivity contribution in [2.45, 2.75) is 62.7 Å². The second-order valence-electron chi connectivity index (χ2n) is 6.31. The average Bonchev–Trinajstić information content (AvgIpc) is 2.40. The summed E-state index contributed by atoms with van der Waals surface area (Å²) in [5.74, 6) is 2.24. The molecule has 18 heavy (non-hydrogen) atoms. The Kier molecular flexibility index (Phi) is 5.40. The molecular formula is C15H30N2S. The highest BCUT2D eigenvalue weighted by Crippen LogP contribution is 2.38. The summed E-state index contributed by atoms with van der Waals surface area (Å²) in [6.45, 7) is 4.47. The van der Waals surface area contributed by atoms with Gasteiger partial charge in [-0.2, -0.15) is 11.8 Å². The van der Waals surface area contributed by atoms with Gasteiger partial charge in [0.15, 0.2) is 0 Å². The van der Waals surface area contributed by atoms with E-state index in [1.807, 2.05) is 0 Å². The van der Waals surface area contributed by atoms with Crippen LogP contribution < -0.4 is 5.73 Å². The molecule has 3 heteroatoms. The summed E-state index contributed by atoms with van der Waals surface area (Å²) < 4.78 is 0. The van der Waals surface area contributed by atoms with Crippen molar-refractivity contribution in [1.29, 1.82) is 0 Å². The first-order valence-corrected chi connectivity index (χ1v) is 8.77. The van der Waals surface area contributed by atoms with Crippen molar-refractivity contribution in [3.8, 4) is 0 Å². The molecule has 106 valence electrons. The van der Waals surface area contributed by atoms with Crippen LogP contribution in [0.2, 0.25) is 0 Å². The van der Waals surface area contributed by atoms with E-state index < -0.39 is 0 Å². The first kappa shape index (κ1) is 14.7. The van der Waals surface area contributed by atoms with Crippen molar-refractivity contribution in [3.05, 3.63) is 0 Å². The third-order valence-electron chi connectivity index (χ3n) is 5.25. The summed E-state index contributed by atoms with van der Waals surface area (Å²) in [5.41, 5.74) is 6.44. The second kappa shape index (κ2) is 6.62. The van der Waals surface area contributed by atoms with Gasteiger partial charge in [0.05, 0.1) is 0 Å². The number of likely N-dealkylation sites (N-methyl/N-ethyl adjacent to an activating group) is 1. The van der Waals surface area contributed by atoms with Crippen LogP contribution >= 0.6 is 11.8 Å². The van der Waals surface area contributed by atoms with E-state index in [0.29, 0.717) is 5.25 Å². The highest BCUT2D eigenvalue weighted by atomic mass is 32.2. The van der Waals surface area contributed by atoms with Crippen LogP contribution in [0.5, 0.6) is 0 Å². The molecule has 1 saturated carbocycles. The van der Waals surface area contributed by atoms with Crippen molar-refractivity contribution in [2.75, 3.05) is 25.9 Å². The monoisotopic (exact) mass is 270 g/mol. The number of hydrogen-bond donors (Lipinski definition) is 1. The van der Waals surface area contributed by atoms with Crippen molar-refractivity contribution in [1.82, 2.24) is 4.90 Å². The van der Waals surface area contributed by atoms with Gasteiger partial charge in [0.2, 0.25) is 0 Å². The standard InChI is InChI=1S/C15H30N2S/c1-13-15(12-16,9-6-10-18-13)17(2)11-14-7-4-3-5-8-14/h13-14H,3-12,16H2,1-2H3. The average molecular weight is 270 g/mol. The maximum absolute atomic E-state index is 6.18. The van der Waals surface area contributed by atoms with Gasteiger partial charge in [-0.3, -0.25) is 4.90 Å². The second-order valence-corrected chi connectivity index (χ2v) is 7.76. The van der Waals surface area contributed by atoms with Gasteiger partial charge in [0.25, 0.3) is 0 Å². The van der Waals surface area contributed by atoms with E-state index in [2.05, 4.69) is 30.6 Å². The molecule has 0 amide bonds. The highest BCUT2D eigenvalue weighted by Gasteiger charge is 2.41. The molecule has 1 saturated heterocycles. The van der Waals surface area contributed by atoms with Gasteiger partial charge in [-0.25, -0.2) is 0 Å². The number of nitrogens with two attached hydrogens (primary N) is 1. The summed E-state index contributed by atoms with van der Waals surface area (Å²) in [4.78, 5) is 2.62. The van der Waals surface area contributed by atoms with Crippen molar-refractivity contribution >= 4 is 11.8 Å². The molecule has 1 aliphatic carbocycles. The smallest absolute Gasteiger partial charge is 0.0444 e. The summed E-state index contributed by atoms with van der Waals surface area (Å²) in [6.07, 6.45) is 9.84. The summed E-state index contributed by atoms with van der Waals surface area (Å²) in [7, 11) is 2.32. The van der Waals surface area contributed by atoms with E-state index in [4.69, 9.17) is 5.73 Å².